The van der Waals surface area contributed by atoms with Crippen LogP contribution >= 0.6 is 0 Å². The van der Waals surface area contributed by atoms with E-state index in [1.54, 1.807) is 0 Å². The average molecular weight is 242 g/mol. The molecular weight excluding hydrogens is 224 g/mol. The molecule has 0 radical (unpaired) electrons. The predicted octanol–water partition coefficient (Wildman–Crippen LogP) is 3.04. The van der Waals surface area contributed by atoms with E-state index in [0.717, 1.165) is 17.4 Å². The number of hydrogen-bond donors (Lipinski definition) is 1. The Balaban J connectivity index is 1.77. The zero-order valence-electron chi connectivity index (χ0n) is 10.6. The third kappa shape index (κ3) is 2.01. The van der Waals surface area contributed by atoms with Crippen molar-refractivity contribution in [2.24, 2.45) is 5.92 Å². The third-order valence-corrected chi connectivity index (χ3v) is 3.86. The molecule has 0 atom stereocenters. The van der Waals surface area contributed by atoms with Gasteiger partial charge >= 0.3 is 0 Å². The van der Waals surface area contributed by atoms with Crippen LogP contribution in [0.15, 0.2) is 30.3 Å². The molecule has 3 nitrogen and oxygen atoms in total. The van der Waals surface area contributed by atoms with E-state index in [-0.39, 0.29) is 5.91 Å². The first-order valence-electron chi connectivity index (χ1n) is 6.57. The van der Waals surface area contributed by atoms with Gasteiger partial charge in [0.1, 0.15) is 5.69 Å². The van der Waals surface area contributed by atoms with Gasteiger partial charge in [0.15, 0.2) is 0 Å². The Kier molecular flexibility index (Phi) is 2.82. The van der Waals surface area contributed by atoms with Gasteiger partial charge in [-0.05, 0) is 30.9 Å². The summed E-state index contributed by atoms with van der Waals surface area (Å²) in [6.45, 7) is 0.883. The van der Waals surface area contributed by atoms with Crippen LogP contribution in [-0.2, 0) is 0 Å². The second-order valence-electron chi connectivity index (χ2n) is 5.25. The first-order valence-corrected chi connectivity index (χ1v) is 6.57. The molecule has 1 N–H and O–H groups in total. The lowest BCUT2D eigenvalue weighted by atomic mass is 9.85. The quantitative estimate of drug-likeness (QED) is 0.882. The molecule has 1 amide bonds. The molecule has 1 aliphatic rings. The van der Waals surface area contributed by atoms with Crippen LogP contribution in [0.2, 0.25) is 0 Å². The SMILES string of the molecule is CN(CC1CCC1)C(=O)c1cc2ccccc2[nH]1. The molecule has 3 heteroatoms. The number of aromatic amines is 1. The summed E-state index contributed by atoms with van der Waals surface area (Å²) in [5.74, 6) is 0.807. The van der Waals surface area contributed by atoms with Crippen LogP contribution in [0.1, 0.15) is 29.8 Å². The van der Waals surface area contributed by atoms with E-state index >= 15 is 0 Å². The lowest BCUT2D eigenvalue weighted by molar-refractivity contribution is 0.0740. The smallest absolute Gasteiger partial charge is 0.270 e. The number of rotatable bonds is 3. The van der Waals surface area contributed by atoms with Crippen molar-refractivity contribution >= 4 is 16.8 Å². The fraction of sp³-hybridized carbons (Fsp3) is 0.400. The highest BCUT2D eigenvalue weighted by atomic mass is 16.2. The zero-order chi connectivity index (χ0) is 12.5. The first kappa shape index (κ1) is 11.3. The fourth-order valence-electron chi connectivity index (χ4n) is 2.54. The van der Waals surface area contributed by atoms with E-state index in [1.165, 1.54) is 19.3 Å². The maximum Gasteiger partial charge on any atom is 0.270 e. The van der Waals surface area contributed by atoms with E-state index < -0.39 is 0 Å². The summed E-state index contributed by atoms with van der Waals surface area (Å²) in [6, 6.07) is 9.93. The third-order valence-electron chi connectivity index (χ3n) is 3.86. The molecule has 0 spiro atoms. The Morgan fingerprint density at radius 2 is 2.17 bits per heavy atom. The molecule has 0 aliphatic heterocycles. The molecule has 0 bridgehead atoms. The minimum absolute atomic E-state index is 0.0955. The molecule has 0 saturated heterocycles. The van der Waals surface area contributed by atoms with Gasteiger partial charge < -0.3 is 9.88 Å². The van der Waals surface area contributed by atoms with E-state index in [9.17, 15) is 4.79 Å². The predicted molar refractivity (Wildman–Crippen MR) is 72.6 cm³/mol. The van der Waals surface area contributed by atoms with Crippen LogP contribution in [0.4, 0.5) is 0 Å². The molecular formula is C15H18N2O. The van der Waals surface area contributed by atoms with Crippen LogP contribution in [0.3, 0.4) is 0 Å². The summed E-state index contributed by atoms with van der Waals surface area (Å²) in [6.07, 6.45) is 3.85. The number of H-pyrrole nitrogens is 1. The number of carbonyl (C=O) groups excluding carboxylic acids is 1. The maximum absolute atomic E-state index is 12.3. The summed E-state index contributed by atoms with van der Waals surface area (Å²) in [5.41, 5.74) is 1.72. The fourth-order valence-corrected chi connectivity index (χ4v) is 2.54. The number of benzene rings is 1. The van der Waals surface area contributed by atoms with Crippen LogP contribution in [0.5, 0.6) is 0 Å². The van der Waals surface area contributed by atoms with Crippen molar-refractivity contribution in [3.63, 3.8) is 0 Å². The highest BCUT2D eigenvalue weighted by Gasteiger charge is 2.22. The van der Waals surface area contributed by atoms with Crippen molar-refractivity contribution in [2.45, 2.75) is 19.3 Å². The molecule has 18 heavy (non-hydrogen) atoms. The summed E-state index contributed by atoms with van der Waals surface area (Å²) in [7, 11) is 1.90. The molecule has 1 aromatic heterocycles. The van der Waals surface area contributed by atoms with Crippen molar-refractivity contribution in [1.29, 1.82) is 0 Å². The van der Waals surface area contributed by atoms with Crippen LogP contribution in [0.25, 0.3) is 10.9 Å². The number of nitrogens with one attached hydrogen (secondary N) is 1. The minimum atomic E-state index is 0.0955. The van der Waals surface area contributed by atoms with Gasteiger partial charge in [-0.1, -0.05) is 24.6 Å². The summed E-state index contributed by atoms with van der Waals surface area (Å²) < 4.78 is 0. The number of nitrogens with zero attached hydrogens (tertiary/aromatic N) is 1. The summed E-state index contributed by atoms with van der Waals surface area (Å²) in [4.78, 5) is 17.3. The van der Waals surface area contributed by atoms with Gasteiger partial charge in [-0.2, -0.15) is 0 Å². The molecule has 1 aliphatic carbocycles. The molecule has 1 fully saturated rings. The van der Waals surface area contributed by atoms with Crippen molar-refractivity contribution in [3.8, 4) is 0 Å². The van der Waals surface area contributed by atoms with Gasteiger partial charge in [0.05, 0.1) is 0 Å². The molecule has 94 valence electrons. The molecule has 1 aromatic carbocycles. The van der Waals surface area contributed by atoms with Gasteiger partial charge in [0.2, 0.25) is 0 Å². The number of para-hydroxylation sites is 1. The number of aromatic nitrogens is 1. The highest BCUT2D eigenvalue weighted by molar-refractivity contribution is 5.97. The first-order chi connectivity index (χ1) is 8.74. The summed E-state index contributed by atoms with van der Waals surface area (Å²) >= 11 is 0. The largest absolute Gasteiger partial charge is 0.351 e. The Labute approximate surface area is 107 Å². The number of carbonyl (C=O) groups is 1. The van der Waals surface area contributed by atoms with Crippen LogP contribution in [-0.4, -0.2) is 29.4 Å². The van der Waals surface area contributed by atoms with Crippen molar-refractivity contribution in [2.75, 3.05) is 13.6 Å². The molecule has 2 aromatic rings. The van der Waals surface area contributed by atoms with Crippen LogP contribution < -0.4 is 0 Å². The lowest BCUT2D eigenvalue weighted by Crippen LogP contribution is -2.34. The second kappa shape index (κ2) is 4.48. The van der Waals surface area contributed by atoms with Crippen molar-refractivity contribution < 1.29 is 4.79 Å². The summed E-state index contributed by atoms with van der Waals surface area (Å²) in [5, 5.41) is 1.10. The van der Waals surface area contributed by atoms with Gasteiger partial charge in [-0.25, -0.2) is 0 Å². The van der Waals surface area contributed by atoms with Crippen molar-refractivity contribution in [3.05, 3.63) is 36.0 Å². The number of amides is 1. The van der Waals surface area contributed by atoms with Gasteiger partial charge in [0.25, 0.3) is 5.91 Å². The van der Waals surface area contributed by atoms with E-state index in [4.69, 9.17) is 0 Å². The van der Waals surface area contributed by atoms with Crippen LogP contribution in [0, 0.1) is 5.92 Å². The lowest BCUT2D eigenvalue weighted by Gasteiger charge is -2.29. The van der Waals surface area contributed by atoms with Crippen molar-refractivity contribution in [1.82, 2.24) is 9.88 Å². The Morgan fingerprint density at radius 3 is 2.83 bits per heavy atom. The Hall–Kier alpha value is -1.77. The van der Waals surface area contributed by atoms with Gasteiger partial charge in [-0.3, -0.25) is 4.79 Å². The zero-order valence-corrected chi connectivity index (χ0v) is 10.6. The maximum atomic E-state index is 12.3. The normalized spacial score (nSPS) is 15.6. The topological polar surface area (TPSA) is 36.1 Å². The van der Waals surface area contributed by atoms with E-state index in [2.05, 4.69) is 4.98 Å². The Morgan fingerprint density at radius 1 is 1.39 bits per heavy atom. The minimum Gasteiger partial charge on any atom is -0.351 e. The molecule has 3 rings (SSSR count). The van der Waals surface area contributed by atoms with E-state index in [0.29, 0.717) is 11.6 Å². The van der Waals surface area contributed by atoms with Gasteiger partial charge in [0, 0.05) is 24.5 Å². The molecule has 1 saturated carbocycles. The van der Waals surface area contributed by atoms with E-state index in [1.807, 2.05) is 42.3 Å². The second-order valence-corrected chi connectivity index (χ2v) is 5.25. The number of fused-ring (bicyclic) bond motifs is 1. The van der Waals surface area contributed by atoms with Gasteiger partial charge in [-0.15, -0.1) is 0 Å². The molecule has 0 unspecified atom stereocenters. The number of hydrogen-bond acceptors (Lipinski definition) is 1. The Bertz CT molecular complexity index is 536. The standard InChI is InChI=1S/C15H18N2O/c1-17(10-11-5-4-6-11)15(18)14-9-12-7-2-3-8-13(12)16-14/h2-3,7-9,11,16H,4-6,10H2,1H3. The highest BCUT2D eigenvalue weighted by Crippen LogP contribution is 2.27. The molecule has 1 heterocycles. The monoisotopic (exact) mass is 242 g/mol. The average Bonchev–Trinajstić information content (AvgIpc) is 2.76.